The molecule has 4 aromatic carbocycles. The molecule has 0 unspecified atom stereocenters. The second kappa shape index (κ2) is 13.0. The number of nitrogens with zero attached hydrogens (tertiary/aromatic N) is 2. The summed E-state index contributed by atoms with van der Waals surface area (Å²) in [5.74, 6) is -0.0936. The predicted molar refractivity (Wildman–Crippen MR) is 166 cm³/mol. The van der Waals surface area contributed by atoms with E-state index < -0.39 is 5.97 Å². The van der Waals surface area contributed by atoms with Crippen molar-refractivity contribution >= 4 is 27.9 Å². The fraction of sp³-hybridized carbons (Fsp3) is 0.147. The number of benzene rings is 4. The van der Waals surface area contributed by atoms with Crippen LogP contribution in [0.1, 0.15) is 18.9 Å². The smallest absolute Gasteiger partial charge is 0.300 e. The van der Waals surface area contributed by atoms with Gasteiger partial charge in [0.1, 0.15) is 18.1 Å². The Morgan fingerprint density at radius 2 is 1.67 bits per heavy atom. The zero-order valence-corrected chi connectivity index (χ0v) is 23.3. The van der Waals surface area contributed by atoms with Crippen molar-refractivity contribution in [3.05, 3.63) is 119 Å². The lowest BCUT2D eigenvalue weighted by atomic mass is 10.0. The van der Waals surface area contributed by atoms with Crippen molar-refractivity contribution in [2.24, 2.45) is 5.73 Å². The first-order chi connectivity index (χ1) is 20.4. The molecule has 8 heteroatoms. The third-order valence-corrected chi connectivity index (χ3v) is 6.76. The summed E-state index contributed by atoms with van der Waals surface area (Å²) >= 11 is 0. The van der Waals surface area contributed by atoms with Crippen molar-refractivity contribution in [3.8, 4) is 28.1 Å². The summed E-state index contributed by atoms with van der Waals surface area (Å²) in [6, 6.07) is 32.1. The van der Waals surface area contributed by atoms with E-state index in [2.05, 4.69) is 21.7 Å². The fourth-order valence-electron chi connectivity index (χ4n) is 4.82. The Hall–Kier alpha value is -5.21. The number of fused-ring (bicyclic) bond motifs is 2. The molecule has 0 aliphatic rings. The van der Waals surface area contributed by atoms with Crippen LogP contribution in [0.15, 0.2) is 108 Å². The second-order valence-corrected chi connectivity index (χ2v) is 9.86. The Morgan fingerprint density at radius 3 is 2.38 bits per heavy atom. The van der Waals surface area contributed by atoms with Crippen LogP contribution in [-0.2, 0) is 17.9 Å². The molecule has 0 aliphatic heterocycles. The number of nitrogens with two attached hydrogens (primary N) is 1. The topological polar surface area (TPSA) is 123 Å². The first kappa shape index (κ1) is 28.3. The zero-order valence-electron chi connectivity index (χ0n) is 23.3. The van der Waals surface area contributed by atoms with E-state index in [1.165, 1.54) is 0 Å². The lowest BCUT2D eigenvalue weighted by molar-refractivity contribution is -0.134. The molecule has 0 radical (unpaired) electrons. The summed E-state index contributed by atoms with van der Waals surface area (Å²) in [5, 5.41) is 8.34. The van der Waals surface area contributed by atoms with Crippen LogP contribution in [0.4, 0.5) is 0 Å². The van der Waals surface area contributed by atoms with Gasteiger partial charge in [-0.2, -0.15) is 0 Å². The van der Waals surface area contributed by atoms with Gasteiger partial charge in [-0.25, -0.2) is 4.98 Å². The van der Waals surface area contributed by atoms with E-state index in [4.69, 9.17) is 25.4 Å². The Bertz CT molecular complexity index is 1880. The predicted octanol–water partition coefficient (Wildman–Crippen LogP) is 6.23. The lowest BCUT2D eigenvalue weighted by Gasteiger charge is -2.08. The van der Waals surface area contributed by atoms with Crippen molar-refractivity contribution in [2.75, 3.05) is 6.54 Å². The molecule has 2 aromatic heterocycles. The minimum absolute atomic E-state index is 0.226. The van der Waals surface area contributed by atoms with Gasteiger partial charge < -0.3 is 25.1 Å². The van der Waals surface area contributed by atoms with Gasteiger partial charge in [-0.1, -0.05) is 66.7 Å². The van der Waals surface area contributed by atoms with Crippen LogP contribution < -0.4 is 16.0 Å². The molecular weight excluding hydrogens is 528 g/mol. The molecule has 2 heterocycles. The number of ether oxygens (including phenoxy) is 1. The van der Waals surface area contributed by atoms with Gasteiger partial charge in [-0.3, -0.25) is 9.59 Å². The molecule has 0 bridgehead atoms. The fourth-order valence-corrected chi connectivity index (χ4v) is 4.82. The average Bonchev–Trinajstić information content (AvgIpc) is 3.36. The first-order valence-electron chi connectivity index (χ1n) is 13.7. The van der Waals surface area contributed by atoms with Gasteiger partial charge in [0.05, 0.1) is 11.0 Å². The molecule has 4 N–H and O–H groups in total. The largest absolute Gasteiger partial charge is 0.489 e. The Morgan fingerprint density at radius 1 is 0.952 bits per heavy atom. The van der Waals surface area contributed by atoms with Crippen LogP contribution in [0, 0.1) is 0 Å². The maximum atomic E-state index is 13.4. The summed E-state index contributed by atoms with van der Waals surface area (Å²) in [6.45, 7) is 2.89. The van der Waals surface area contributed by atoms with Crippen molar-refractivity contribution < 1.29 is 14.6 Å². The SMILES string of the molecule is CC(=O)O.NCCCn1cc(-c2nc3ccc(-c4ccccc4)cc3[nH]c2=O)c2cc(OCc3ccccc3)ccc21. The second-order valence-electron chi connectivity index (χ2n) is 9.86. The maximum absolute atomic E-state index is 13.4. The van der Waals surface area contributed by atoms with Gasteiger partial charge >= 0.3 is 0 Å². The number of aryl methyl sites for hydroxylation is 1. The molecule has 0 amide bonds. The van der Waals surface area contributed by atoms with Gasteiger partial charge in [0.15, 0.2) is 0 Å². The highest BCUT2D eigenvalue weighted by Crippen LogP contribution is 2.32. The van der Waals surface area contributed by atoms with Crippen LogP contribution in [-0.4, -0.2) is 32.2 Å². The number of aromatic nitrogens is 3. The Kier molecular flexibility index (Phi) is 8.75. The number of aromatic amines is 1. The van der Waals surface area contributed by atoms with E-state index in [-0.39, 0.29) is 5.56 Å². The van der Waals surface area contributed by atoms with Gasteiger partial charge in [-0.05, 0) is 60.0 Å². The molecule has 42 heavy (non-hydrogen) atoms. The van der Waals surface area contributed by atoms with E-state index in [1.54, 1.807) is 0 Å². The van der Waals surface area contributed by atoms with Crippen LogP contribution in [0.2, 0.25) is 0 Å². The van der Waals surface area contributed by atoms with Crippen molar-refractivity contribution in [1.29, 1.82) is 0 Å². The van der Waals surface area contributed by atoms with Gasteiger partial charge in [-0.15, -0.1) is 0 Å². The molecule has 0 saturated carbocycles. The number of carboxylic acids is 1. The molecule has 212 valence electrons. The number of aliphatic carboxylic acids is 1. The summed E-state index contributed by atoms with van der Waals surface area (Å²) in [6.07, 6.45) is 2.84. The Labute approximate surface area is 243 Å². The third-order valence-electron chi connectivity index (χ3n) is 6.76. The van der Waals surface area contributed by atoms with Crippen molar-refractivity contribution in [1.82, 2.24) is 14.5 Å². The first-order valence-corrected chi connectivity index (χ1v) is 13.7. The Balaban J connectivity index is 0.000000830. The minimum atomic E-state index is -0.833. The van der Waals surface area contributed by atoms with E-state index in [0.29, 0.717) is 24.4 Å². The summed E-state index contributed by atoms with van der Waals surface area (Å²) in [5.41, 5.74) is 12.4. The van der Waals surface area contributed by atoms with Gasteiger partial charge in [0, 0.05) is 36.1 Å². The summed E-state index contributed by atoms with van der Waals surface area (Å²) in [4.78, 5) is 30.3. The number of rotatable bonds is 8. The molecule has 6 rings (SSSR count). The van der Waals surface area contributed by atoms with E-state index in [0.717, 1.165) is 64.3 Å². The van der Waals surface area contributed by atoms with Crippen LogP contribution in [0.3, 0.4) is 0 Å². The normalized spacial score (nSPS) is 10.8. The van der Waals surface area contributed by atoms with E-state index in [9.17, 15) is 4.79 Å². The number of hydrogen-bond acceptors (Lipinski definition) is 5. The van der Waals surface area contributed by atoms with Crippen LogP contribution in [0.5, 0.6) is 5.75 Å². The van der Waals surface area contributed by atoms with Crippen molar-refractivity contribution in [2.45, 2.75) is 26.5 Å². The number of hydrogen-bond donors (Lipinski definition) is 3. The minimum Gasteiger partial charge on any atom is -0.489 e. The summed E-state index contributed by atoms with van der Waals surface area (Å²) < 4.78 is 8.24. The molecule has 0 spiro atoms. The summed E-state index contributed by atoms with van der Waals surface area (Å²) in [7, 11) is 0. The quantitative estimate of drug-likeness (QED) is 0.203. The van der Waals surface area contributed by atoms with Gasteiger partial charge in [0.25, 0.3) is 11.5 Å². The van der Waals surface area contributed by atoms with Crippen LogP contribution >= 0.6 is 0 Å². The van der Waals surface area contributed by atoms with Crippen molar-refractivity contribution in [3.63, 3.8) is 0 Å². The third kappa shape index (κ3) is 6.56. The van der Waals surface area contributed by atoms with E-state index >= 15 is 0 Å². The molecule has 6 aromatic rings. The average molecular weight is 561 g/mol. The highest BCUT2D eigenvalue weighted by Gasteiger charge is 2.17. The standard InChI is InChI=1S/C32H28N4O2.C2H4O2/c33-16-7-17-36-20-27(26-19-25(13-15-30(26)36)38-21-22-8-3-1-4-9-22)31-32(37)35-29-18-24(12-14-28(29)34-31)23-10-5-2-6-11-23;1-2(3)4/h1-6,8-15,18-20H,7,16-17,21,33H2,(H,35,37);1H3,(H,3,4). The number of nitrogens with one attached hydrogen (secondary N) is 1. The zero-order chi connectivity index (χ0) is 29.5. The molecule has 0 atom stereocenters. The number of H-pyrrole nitrogens is 1. The molecule has 0 saturated heterocycles. The maximum Gasteiger partial charge on any atom is 0.300 e. The highest BCUT2D eigenvalue weighted by atomic mass is 16.5. The van der Waals surface area contributed by atoms with Crippen LogP contribution in [0.25, 0.3) is 44.3 Å². The van der Waals surface area contributed by atoms with Gasteiger partial charge in [0.2, 0.25) is 0 Å². The highest BCUT2D eigenvalue weighted by molar-refractivity contribution is 5.97. The lowest BCUT2D eigenvalue weighted by Crippen LogP contribution is -2.11. The number of carbonyl (C=O) groups is 1. The van der Waals surface area contributed by atoms with E-state index in [1.807, 2.05) is 91.1 Å². The molecular formula is C34H32N4O4. The number of carboxylic acid groups (broad SMARTS) is 1. The monoisotopic (exact) mass is 560 g/mol. The molecule has 0 aliphatic carbocycles. The molecule has 0 fully saturated rings. The molecule has 8 nitrogen and oxygen atoms in total.